The fourth-order valence-corrected chi connectivity index (χ4v) is 2.63. The third-order valence-corrected chi connectivity index (χ3v) is 4.60. The fourth-order valence-electron chi connectivity index (χ4n) is 1.73. The predicted molar refractivity (Wildman–Crippen MR) is 72.5 cm³/mol. The van der Waals surface area contributed by atoms with Crippen LogP contribution < -0.4 is 5.01 Å². The van der Waals surface area contributed by atoms with Gasteiger partial charge in [0.15, 0.2) is 0 Å². The van der Waals surface area contributed by atoms with Gasteiger partial charge in [-0.25, -0.2) is 17.7 Å². The molecule has 0 spiro atoms. The molecule has 1 aliphatic heterocycles. The highest BCUT2D eigenvalue weighted by molar-refractivity contribution is 7.89. The normalized spacial score (nSPS) is 16.1. The summed E-state index contributed by atoms with van der Waals surface area (Å²) in [6, 6.07) is 6.11. The van der Waals surface area contributed by atoms with Crippen molar-refractivity contribution >= 4 is 27.3 Å². The molecule has 0 saturated heterocycles. The standard InChI is InChI=1S/C12H15N3O3S/c1-9-8-12(16)15(13-9)10-4-6-11(7-5-10)19(17,18)14(2)3/h4-7H,8H2,1-3H3. The molecule has 0 bridgehead atoms. The van der Waals surface area contributed by atoms with Crippen LogP contribution >= 0.6 is 0 Å². The monoisotopic (exact) mass is 281 g/mol. The highest BCUT2D eigenvalue weighted by Gasteiger charge is 2.23. The molecule has 2 rings (SSSR count). The minimum atomic E-state index is -3.45. The molecular weight excluding hydrogens is 266 g/mol. The van der Waals surface area contributed by atoms with Crippen LogP contribution in [0.5, 0.6) is 0 Å². The first-order valence-corrected chi connectivity index (χ1v) is 7.16. The third kappa shape index (κ3) is 2.52. The first-order valence-electron chi connectivity index (χ1n) is 5.72. The largest absolute Gasteiger partial charge is 0.272 e. The van der Waals surface area contributed by atoms with E-state index >= 15 is 0 Å². The second-order valence-corrected chi connectivity index (χ2v) is 6.65. The highest BCUT2D eigenvalue weighted by Crippen LogP contribution is 2.23. The lowest BCUT2D eigenvalue weighted by atomic mass is 10.3. The van der Waals surface area contributed by atoms with Crippen molar-refractivity contribution in [3.8, 4) is 0 Å². The molecule has 1 heterocycles. The number of rotatable bonds is 3. The minimum Gasteiger partial charge on any atom is -0.272 e. The summed E-state index contributed by atoms with van der Waals surface area (Å²) in [5, 5.41) is 5.40. The van der Waals surface area contributed by atoms with Gasteiger partial charge < -0.3 is 0 Å². The van der Waals surface area contributed by atoms with Crippen LogP contribution in [0.15, 0.2) is 34.3 Å². The van der Waals surface area contributed by atoms with Crippen LogP contribution in [-0.2, 0) is 14.8 Å². The molecule has 0 atom stereocenters. The molecule has 0 radical (unpaired) electrons. The Balaban J connectivity index is 2.32. The van der Waals surface area contributed by atoms with Gasteiger partial charge in [0.1, 0.15) is 0 Å². The van der Waals surface area contributed by atoms with Gasteiger partial charge in [0.05, 0.1) is 17.0 Å². The van der Waals surface area contributed by atoms with Crippen molar-refractivity contribution in [3.63, 3.8) is 0 Å². The van der Waals surface area contributed by atoms with Gasteiger partial charge in [0, 0.05) is 19.8 Å². The summed E-state index contributed by atoms with van der Waals surface area (Å²) in [4.78, 5) is 11.8. The Kier molecular flexibility index (Phi) is 3.42. The number of hydrazone groups is 1. The van der Waals surface area contributed by atoms with Gasteiger partial charge in [-0.1, -0.05) is 0 Å². The average molecular weight is 281 g/mol. The molecular formula is C12H15N3O3S. The second kappa shape index (κ2) is 4.75. The minimum absolute atomic E-state index is 0.110. The van der Waals surface area contributed by atoms with Gasteiger partial charge in [-0.3, -0.25) is 4.79 Å². The summed E-state index contributed by atoms with van der Waals surface area (Å²) in [5.41, 5.74) is 1.31. The van der Waals surface area contributed by atoms with Crippen molar-refractivity contribution in [2.75, 3.05) is 19.1 Å². The van der Waals surface area contributed by atoms with Crippen molar-refractivity contribution < 1.29 is 13.2 Å². The maximum Gasteiger partial charge on any atom is 0.253 e. The lowest BCUT2D eigenvalue weighted by Gasteiger charge is -2.14. The average Bonchev–Trinajstić information content (AvgIpc) is 2.68. The molecule has 0 aromatic heterocycles. The van der Waals surface area contributed by atoms with Gasteiger partial charge in [0.25, 0.3) is 5.91 Å². The van der Waals surface area contributed by atoms with E-state index in [4.69, 9.17) is 0 Å². The van der Waals surface area contributed by atoms with Crippen LogP contribution in [0.4, 0.5) is 5.69 Å². The Hall–Kier alpha value is -1.73. The van der Waals surface area contributed by atoms with Crippen LogP contribution in [0, 0.1) is 0 Å². The van der Waals surface area contributed by atoms with Crippen LogP contribution in [-0.4, -0.2) is 38.4 Å². The Morgan fingerprint density at radius 3 is 2.21 bits per heavy atom. The molecule has 0 unspecified atom stereocenters. The summed E-state index contributed by atoms with van der Waals surface area (Å²) in [6.45, 7) is 1.78. The van der Waals surface area contributed by atoms with Gasteiger partial charge in [-0.15, -0.1) is 0 Å². The Morgan fingerprint density at radius 1 is 1.21 bits per heavy atom. The summed E-state index contributed by atoms with van der Waals surface area (Å²) < 4.78 is 24.9. The number of amides is 1. The number of benzene rings is 1. The molecule has 0 aliphatic carbocycles. The first-order chi connectivity index (χ1) is 8.82. The number of carbonyl (C=O) groups is 1. The lowest BCUT2D eigenvalue weighted by molar-refractivity contribution is -0.116. The zero-order valence-electron chi connectivity index (χ0n) is 11.0. The number of nitrogens with zero attached hydrogens (tertiary/aromatic N) is 3. The molecule has 0 fully saturated rings. The molecule has 1 aromatic rings. The summed E-state index contributed by atoms with van der Waals surface area (Å²) in [5.74, 6) is -0.110. The van der Waals surface area contributed by atoms with Crippen LogP contribution in [0.3, 0.4) is 0 Å². The third-order valence-electron chi connectivity index (χ3n) is 2.77. The van der Waals surface area contributed by atoms with Crippen molar-refractivity contribution in [3.05, 3.63) is 24.3 Å². The first kappa shape index (κ1) is 13.7. The summed E-state index contributed by atoms with van der Waals surface area (Å²) in [7, 11) is -0.501. The highest BCUT2D eigenvalue weighted by atomic mass is 32.2. The van der Waals surface area contributed by atoms with E-state index in [1.807, 2.05) is 0 Å². The van der Waals surface area contributed by atoms with E-state index in [1.165, 1.54) is 31.2 Å². The van der Waals surface area contributed by atoms with E-state index in [-0.39, 0.29) is 10.8 Å². The number of hydrogen-bond acceptors (Lipinski definition) is 4. The number of sulfonamides is 1. The molecule has 19 heavy (non-hydrogen) atoms. The van der Waals surface area contributed by atoms with E-state index in [0.29, 0.717) is 12.1 Å². The fraction of sp³-hybridized carbons (Fsp3) is 0.333. The zero-order valence-corrected chi connectivity index (χ0v) is 11.8. The smallest absolute Gasteiger partial charge is 0.253 e. The maximum atomic E-state index is 11.9. The molecule has 7 heteroatoms. The second-order valence-electron chi connectivity index (χ2n) is 4.50. The van der Waals surface area contributed by atoms with E-state index in [1.54, 1.807) is 19.1 Å². The van der Waals surface area contributed by atoms with Crippen molar-refractivity contribution in [2.45, 2.75) is 18.2 Å². The van der Waals surface area contributed by atoms with Crippen LogP contribution in [0.1, 0.15) is 13.3 Å². The van der Waals surface area contributed by atoms with Crippen molar-refractivity contribution in [1.82, 2.24) is 4.31 Å². The summed E-state index contributed by atoms with van der Waals surface area (Å²) >= 11 is 0. The maximum absolute atomic E-state index is 11.9. The summed E-state index contributed by atoms with van der Waals surface area (Å²) in [6.07, 6.45) is 0.303. The molecule has 1 aromatic carbocycles. The van der Waals surface area contributed by atoms with Gasteiger partial charge in [0.2, 0.25) is 10.0 Å². The number of hydrogen-bond donors (Lipinski definition) is 0. The van der Waals surface area contributed by atoms with Gasteiger partial charge in [-0.2, -0.15) is 5.10 Å². The van der Waals surface area contributed by atoms with Crippen molar-refractivity contribution in [1.29, 1.82) is 0 Å². The van der Waals surface area contributed by atoms with E-state index < -0.39 is 10.0 Å². The molecule has 1 amide bonds. The lowest BCUT2D eigenvalue weighted by Crippen LogP contribution is -2.23. The van der Waals surface area contributed by atoms with Crippen molar-refractivity contribution in [2.24, 2.45) is 5.10 Å². The molecule has 1 aliphatic rings. The van der Waals surface area contributed by atoms with E-state index in [2.05, 4.69) is 5.10 Å². The molecule has 0 N–H and O–H groups in total. The number of carbonyl (C=O) groups excluding carboxylic acids is 1. The SMILES string of the molecule is CC1=NN(c2ccc(S(=O)(=O)N(C)C)cc2)C(=O)C1. The zero-order chi connectivity index (χ0) is 14.2. The van der Waals surface area contributed by atoms with Crippen LogP contribution in [0.25, 0.3) is 0 Å². The van der Waals surface area contributed by atoms with E-state index in [9.17, 15) is 13.2 Å². The van der Waals surface area contributed by atoms with Gasteiger partial charge in [-0.05, 0) is 31.2 Å². The van der Waals surface area contributed by atoms with Gasteiger partial charge >= 0.3 is 0 Å². The molecule has 6 nitrogen and oxygen atoms in total. The molecule has 0 saturated carbocycles. The number of anilines is 1. The Morgan fingerprint density at radius 2 is 1.79 bits per heavy atom. The predicted octanol–water partition coefficient (Wildman–Crippen LogP) is 1.05. The topological polar surface area (TPSA) is 70.1 Å². The van der Waals surface area contributed by atoms with Crippen LogP contribution in [0.2, 0.25) is 0 Å². The van der Waals surface area contributed by atoms with E-state index in [0.717, 1.165) is 10.0 Å². The Bertz CT molecular complexity index is 633. The quantitative estimate of drug-likeness (QED) is 0.831. The Labute approximate surface area is 112 Å². The molecule has 102 valence electrons.